The predicted molar refractivity (Wildman–Crippen MR) is 100 cm³/mol. The van der Waals surface area contributed by atoms with Gasteiger partial charge < -0.3 is 10.1 Å². The molecule has 2 aromatic rings. The third kappa shape index (κ3) is 2.63. The van der Waals surface area contributed by atoms with E-state index in [0.717, 1.165) is 22.7 Å². The lowest BCUT2D eigenvalue weighted by Crippen LogP contribution is -2.30. The summed E-state index contributed by atoms with van der Waals surface area (Å²) in [6.07, 6.45) is 5.60. The van der Waals surface area contributed by atoms with Crippen LogP contribution in [0.4, 0.5) is 5.69 Å². The molecule has 0 spiro atoms. The summed E-state index contributed by atoms with van der Waals surface area (Å²) in [5, 5.41) is 4.44. The summed E-state index contributed by atoms with van der Waals surface area (Å²) in [6, 6.07) is 12.2. The standard InChI is InChI=1S/C21H20ClNO2/c1-12-15(21(24)25-2)10-11-18-16-4-3-5-17(16)20(23-19(12)18)13-6-8-14(22)9-7-13/h3-4,6-11,16-17,20,23H,5H2,1-2H3/t16-,17+,20-/m1/s1. The Bertz CT molecular complexity index is 857. The molecular formula is C21H20ClNO2. The van der Waals surface area contributed by atoms with Crippen molar-refractivity contribution in [2.24, 2.45) is 5.92 Å². The van der Waals surface area contributed by atoms with E-state index in [0.29, 0.717) is 17.4 Å². The van der Waals surface area contributed by atoms with E-state index in [1.807, 2.05) is 25.1 Å². The fourth-order valence-electron chi connectivity index (χ4n) is 4.15. The van der Waals surface area contributed by atoms with Crippen LogP contribution in [-0.2, 0) is 4.74 Å². The van der Waals surface area contributed by atoms with Gasteiger partial charge in [0.15, 0.2) is 0 Å². The molecule has 0 saturated heterocycles. The topological polar surface area (TPSA) is 38.3 Å². The summed E-state index contributed by atoms with van der Waals surface area (Å²) in [5.74, 6) is 0.536. The zero-order valence-electron chi connectivity index (χ0n) is 14.3. The number of carbonyl (C=O) groups is 1. The van der Waals surface area contributed by atoms with Crippen molar-refractivity contribution in [2.75, 3.05) is 12.4 Å². The summed E-state index contributed by atoms with van der Waals surface area (Å²) in [7, 11) is 1.42. The Hall–Kier alpha value is -2.26. The third-order valence-corrected chi connectivity index (χ3v) is 5.68. The number of fused-ring (bicyclic) bond motifs is 3. The van der Waals surface area contributed by atoms with Crippen molar-refractivity contribution in [3.05, 3.63) is 75.8 Å². The molecule has 3 atom stereocenters. The van der Waals surface area contributed by atoms with Crippen molar-refractivity contribution in [1.82, 2.24) is 0 Å². The number of hydrogen-bond acceptors (Lipinski definition) is 3. The van der Waals surface area contributed by atoms with Crippen molar-refractivity contribution >= 4 is 23.3 Å². The molecule has 0 unspecified atom stereocenters. The highest BCUT2D eigenvalue weighted by Crippen LogP contribution is 2.51. The van der Waals surface area contributed by atoms with Crippen LogP contribution in [0.2, 0.25) is 5.02 Å². The number of hydrogen-bond donors (Lipinski definition) is 1. The van der Waals surface area contributed by atoms with Crippen molar-refractivity contribution in [2.45, 2.75) is 25.3 Å². The van der Waals surface area contributed by atoms with Gasteiger partial charge in [-0.15, -0.1) is 0 Å². The Balaban J connectivity index is 1.81. The SMILES string of the molecule is COC(=O)c1ccc2c(c1C)N[C@H](c1ccc(Cl)cc1)[C@H]1CC=C[C@@H]21. The maximum atomic E-state index is 12.1. The highest BCUT2D eigenvalue weighted by molar-refractivity contribution is 6.30. The Morgan fingerprint density at radius 2 is 1.96 bits per heavy atom. The first-order valence-electron chi connectivity index (χ1n) is 8.50. The van der Waals surface area contributed by atoms with Gasteiger partial charge in [0.05, 0.1) is 18.7 Å². The van der Waals surface area contributed by atoms with E-state index in [9.17, 15) is 4.79 Å². The van der Waals surface area contributed by atoms with Gasteiger partial charge in [0.25, 0.3) is 0 Å². The molecule has 1 heterocycles. The van der Waals surface area contributed by atoms with Crippen LogP contribution >= 0.6 is 11.6 Å². The van der Waals surface area contributed by atoms with Gasteiger partial charge in [-0.25, -0.2) is 4.79 Å². The van der Waals surface area contributed by atoms with Gasteiger partial charge >= 0.3 is 5.97 Å². The number of rotatable bonds is 2. The Labute approximate surface area is 152 Å². The summed E-state index contributed by atoms with van der Waals surface area (Å²) >= 11 is 6.06. The molecule has 1 N–H and O–H groups in total. The van der Waals surface area contributed by atoms with E-state index in [1.54, 1.807) is 0 Å². The molecule has 4 rings (SSSR count). The first-order valence-corrected chi connectivity index (χ1v) is 8.88. The number of anilines is 1. The molecule has 1 aliphatic carbocycles. The molecule has 0 radical (unpaired) electrons. The second-order valence-electron chi connectivity index (χ2n) is 6.72. The normalized spacial score (nSPS) is 23.6. The highest BCUT2D eigenvalue weighted by Gasteiger charge is 2.38. The number of methoxy groups -OCH3 is 1. The van der Waals surface area contributed by atoms with Crippen LogP contribution < -0.4 is 5.32 Å². The van der Waals surface area contributed by atoms with Crippen LogP contribution in [0.15, 0.2) is 48.6 Å². The van der Waals surface area contributed by atoms with Crippen molar-refractivity contribution < 1.29 is 9.53 Å². The molecule has 0 aromatic heterocycles. The lowest BCUT2D eigenvalue weighted by Gasteiger charge is -2.38. The van der Waals surface area contributed by atoms with Gasteiger partial charge in [0.2, 0.25) is 0 Å². The van der Waals surface area contributed by atoms with E-state index in [2.05, 4.69) is 35.7 Å². The minimum Gasteiger partial charge on any atom is -0.465 e. The maximum absolute atomic E-state index is 12.1. The number of carbonyl (C=O) groups excluding carboxylic acids is 1. The van der Waals surface area contributed by atoms with Crippen molar-refractivity contribution in [3.63, 3.8) is 0 Å². The molecule has 4 heteroatoms. The summed E-state index contributed by atoms with van der Waals surface area (Å²) in [6.45, 7) is 1.98. The maximum Gasteiger partial charge on any atom is 0.338 e. The summed E-state index contributed by atoms with van der Waals surface area (Å²) in [5.41, 5.74) is 5.09. The smallest absolute Gasteiger partial charge is 0.338 e. The summed E-state index contributed by atoms with van der Waals surface area (Å²) in [4.78, 5) is 12.1. The molecule has 0 saturated carbocycles. The van der Waals surface area contributed by atoms with E-state index < -0.39 is 0 Å². The van der Waals surface area contributed by atoms with E-state index >= 15 is 0 Å². The third-order valence-electron chi connectivity index (χ3n) is 5.43. The molecule has 2 aliphatic rings. The van der Waals surface area contributed by atoms with Crippen LogP contribution in [0, 0.1) is 12.8 Å². The van der Waals surface area contributed by atoms with Gasteiger partial charge in [-0.05, 0) is 54.2 Å². The fourth-order valence-corrected chi connectivity index (χ4v) is 4.27. The molecule has 0 amide bonds. The van der Waals surface area contributed by atoms with E-state index in [4.69, 9.17) is 16.3 Å². The van der Waals surface area contributed by atoms with Crippen LogP contribution in [0.25, 0.3) is 0 Å². The van der Waals surface area contributed by atoms with Gasteiger partial charge in [-0.1, -0.05) is 42.0 Å². The lowest BCUT2D eigenvalue weighted by molar-refractivity contribution is 0.0600. The van der Waals surface area contributed by atoms with Gasteiger partial charge in [0, 0.05) is 16.6 Å². The molecule has 25 heavy (non-hydrogen) atoms. The van der Waals surface area contributed by atoms with Crippen LogP contribution in [-0.4, -0.2) is 13.1 Å². The zero-order chi connectivity index (χ0) is 17.6. The second kappa shape index (κ2) is 6.23. The average molecular weight is 354 g/mol. The fraction of sp³-hybridized carbons (Fsp3) is 0.286. The van der Waals surface area contributed by atoms with Crippen LogP contribution in [0.5, 0.6) is 0 Å². The Kier molecular flexibility index (Phi) is 4.04. The van der Waals surface area contributed by atoms with Crippen molar-refractivity contribution in [3.8, 4) is 0 Å². The Morgan fingerprint density at radius 3 is 2.68 bits per heavy atom. The van der Waals surface area contributed by atoms with E-state index in [1.165, 1.54) is 18.2 Å². The van der Waals surface area contributed by atoms with Crippen LogP contribution in [0.3, 0.4) is 0 Å². The van der Waals surface area contributed by atoms with Gasteiger partial charge in [-0.3, -0.25) is 0 Å². The monoisotopic (exact) mass is 353 g/mol. The molecule has 2 aromatic carbocycles. The first kappa shape index (κ1) is 16.2. The molecule has 0 bridgehead atoms. The largest absolute Gasteiger partial charge is 0.465 e. The minimum absolute atomic E-state index is 0.191. The molecule has 1 aliphatic heterocycles. The summed E-state index contributed by atoms with van der Waals surface area (Å²) < 4.78 is 4.92. The number of ether oxygens (including phenoxy) is 1. The Morgan fingerprint density at radius 1 is 1.20 bits per heavy atom. The lowest BCUT2D eigenvalue weighted by atomic mass is 9.76. The zero-order valence-corrected chi connectivity index (χ0v) is 15.0. The number of benzene rings is 2. The van der Waals surface area contributed by atoms with Crippen molar-refractivity contribution in [1.29, 1.82) is 0 Å². The predicted octanol–water partition coefficient (Wildman–Crippen LogP) is 5.26. The number of esters is 1. The second-order valence-corrected chi connectivity index (χ2v) is 7.16. The molecule has 128 valence electrons. The van der Waals surface area contributed by atoms with Gasteiger partial charge in [-0.2, -0.15) is 0 Å². The number of nitrogens with one attached hydrogen (secondary N) is 1. The quantitative estimate of drug-likeness (QED) is 0.591. The first-order chi connectivity index (χ1) is 12.1. The molecule has 3 nitrogen and oxygen atoms in total. The van der Waals surface area contributed by atoms with E-state index in [-0.39, 0.29) is 12.0 Å². The highest BCUT2D eigenvalue weighted by atomic mass is 35.5. The van der Waals surface area contributed by atoms with Crippen LogP contribution in [0.1, 0.15) is 45.4 Å². The molecule has 0 fully saturated rings. The average Bonchev–Trinajstić information content (AvgIpc) is 3.12. The molecular weight excluding hydrogens is 334 g/mol. The number of halogens is 1. The van der Waals surface area contributed by atoms with Gasteiger partial charge in [0.1, 0.15) is 0 Å². The minimum atomic E-state index is -0.297. The number of allylic oxidation sites excluding steroid dienone is 2.